The quantitative estimate of drug-likeness (QED) is 0.495. The minimum Gasteiger partial charge on any atom is -0.394 e. The Morgan fingerprint density at radius 3 is 2.75 bits per heavy atom. The number of aromatic amines is 2. The highest BCUT2D eigenvalue weighted by Gasteiger charge is 2.18. The van der Waals surface area contributed by atoms with Gasteiger partial charge in [-0.05, 0) is 36.6 Å². The molecule has 120 valence electrons. The lowest BCUT2D eigenvalue weighted by Gasteiger charge is -2.13. The van der Waals surface area contributed by atoms with Crippen LogP contribution in [0.3, 0.4) is 0 Å². The molecule has 24 heavy (non-hydrogen) atoms. The van der Waals surface area contributed by atoms with Gasteiger partial charge in [0.05, 0.1) is 27.8 Å². The predicted octanol–water partition coefficient (Wildman–Crippen LogP) is 3.32. The van der Waals surface area contributed by atoms with Crippen LogP contribution in [-0.4, -0.2) is 20.2 Å². The Labute approximate surface area is 141 Å². The Kier molecular flexibility index (Phi) is 3.11. The number of H-pyrrole nitrogens is 2. The molecule has 4 rings (SSSR count). The first-order chi connectivity index (χ1) is 11.5. The molecule has 7 heteroatoms. The summed E-state index contributed by atoms with van der Waals surface area (Å²) in [5.74, 6) is 0. The standard InChI is InChI=1S/C17H14ClN5O/c1-7-5-20-16-12(13(19)17(24)22-14(16)8(7)2)9-3-4-11(18)15-10(9)6-21-23-15/h3-6H,19H2,1-2H3,(H,21,23)(H,22,24). The second kappa shape index (κ2) is 5.07. The molecule has 0 aliphatic rings. The minimum atomic E-state index is -0.334. The maximum Gasteiger partial charge on any atom is 0.272 e. The van der Waals surface area contributed by atoms with Gasteiger partial charge >= 0.3 is 0 Å². The summed E-state index contributed by atoms with van der Waals surface area (Å²) in [6.07, 6.45) is 3.45. The summed E-state index contributed by atoms with van der Waals surface area (Å²) in [6.45, 7) is 3.90. The van der Waals surface area contributed by atoms with Crippen LogP contribution in [0.5, 0.6) is 0 Å². The molecule has 4 aromatic rings. The third kappa shape index (κ3) is 1.93. The van der Waals surface area contributed by atoms with E-state index in [0.29, 0.717) is 27.1 Å². The number of nitrogens with one attached hydrogen (secondary N) is 2. The SMILES string of the molecule is Cc1cnc2c(-c3ccc(Cl)c4[nH]ncc34)c(N)c(=O)[nH]c2c1C. The first-order valence-corrected chi connectivity index (χ1v) is 7.76. The highest BCUT2D eigenvalue weighted by molar-refractivity contribution is 6.35. The van der Waals surface area contributed by atoms with Gasteiger partial charge in [0, 0.05) is 17.1 Å². The number of hydrogen-bond acceptors (Lipinski definition) is 4. The third-order valence-electron chi connectivity index (χ3n) is 4.41. The van der Waals surface area contributed by atoms with Crippen molar-refractivity contribution in [2.75, 3.05) is 5.73 Å². The average Bonchev–Trinajstić information content (AvgIpc) is 3.05. The average molecular weight is 340 g/mol. The first kappa shape index (κ1) is 14.7. The number of halogens is 1. The summed E-state index contributed by atoms with van der Waals surface area (Å²) in [7, 11) is 0. The van der Waals surface area contributed by atoms with Crippen molar-refractivity contribution in [3.63, 3.8) is 0 Å². The van der Waals surface area contributed by atoms with Crippen LogP contribution < -0.4 is 11.3 Å². The molecule has 0 spiro atoms. The molecule has 0 saturated carbocycles. The third-order valence-corrected chi connectivity index (χ3v) is 4.73. The predicted molar refractivity (Wildman–Crippen MR) is 96.3 cm³/mol. The number of aromatic nitrogens is 4. The van der Waals surface area contributed by atoms with Crippen LogP contribution in [0, 0.1) is 13.8 Å². The summed E-state index contributed by atoms with van der Waals surface area (Å²) in [5.41, 5.74) is 11.3. The zero-order valence-corrected chi connectivity index (χ0v) is 13.8. The molecule has 3 aromatic heterocycles. The zero-order chi connectivity index (χ0) is 17.0. The second-order valence-corrected chi connectivity index (χ2v) is 6.19. The molecule has 0 unspecified atom stereocenters. The number of nitrogens with two attached hydrogens (primary N) is 1. The number of benzene rings is 1. The van der Waals surface area contributed by atoms with Gasteiger partial charge in [-0.15, -0.1) is 0 Å². The molecule has 0 atom stereocenters. The van der Waals surface area contributed by atoms with Gasteiger partial charge in [0.15, 0.2) is 0 Å². The topological polar surface area (TPSA) is 100 Å². The van der Waals surface area contributed by atoms with E-state index in [9.17, 15) is 4.79 Å². The maximum absolute atomic E-state index is 12.4. The van der Waals surface area contributed by atoms with E-state index < -0.39 is 0 Å². The van der Waals surface area contributed by atoms with E-state index in [-0.39, 0.29) is 11.2 Å². The highest BCUT2D eigenvalue weighted by Crippen LogP contribution is 2.37. The molecule has 0 aliphatic carbocycles. The summed E-state index contributed by atoms with van der Waals surface area (Å²) >= 11 is 6.21. The summed E-state index contributed by atoms with van der Waals surface area (Å²) in [5, 5.41) is 8.27. The van der Waals surface area contributed by atoms with Crippen LogP contribution in [-0.2, 0) is 0 Å². The van der Waals surface area contributed by atoms with Gasteiger partial charge in [0.2, 0.25) is 0 Å². The van der Waals surface area contributed by atoms with E-state index in [1.807, 2.05) is 19.9 Å². The van der Waals surface area contributed by atoms with Crippen LogP contribution in [0.15, 0.2) is 29.3 Å². The van der Waals surface area contributed by atoms with Crippen molar-refractivity contribution >= 4 is 39.2 Å². The zero-order valence-electron chi connectivity index (χ0n) is 13.1. The minimum absolute atomic E-state index is 0.128. The number of nitrogens with zero attached hydrogens (tertiary/aromatic N) is 2. The van der Waals surface area contributed by atoms with Gasteiger partial charge in [0.1, 0.15) is 5.69 Å². The fraction of sp³-hybridized carbons (Fsp3) is 0.118. The molecular formula is C17H14ClN5O. The normalized spacial score (nSPS) is 11.5. The van der Waals surface area contributed by atoms with Crippen LogP contribution >= 0.6 is 11.6 Å². The molecule has 6 nitrogen and oxygen atoms in total. The Balaban J connectivity index is 2.22. The van der Waals surface area contributed by atoms with E-state index in [2.05, 4.69) is 20.2 Å². The lowest BCUT2D eigenvalue weighted by Crippen LogP contribution is -2.15. The molecule has 3 heterocycles. The van der Waals surface area contributed by atoms with E-state index in [1.54, 1.807) is 18.5 Å². The fourth-order valence-corrected chi connectivity index (χ4v) is 3.16. The van der Waals surface area contributed by atoms with Crippen molar-refractivity contribution in [3.05, 3.63) is 51.0 Å². The number of pyridine rings is 2. The molecular weight excluding hydrogens is 326 g/mol. The van der Waals surface area contributed by atoms with Crippen molar-refractivity contribution in [2.24, 2.45) is 0 Å². The molecule has 1 aromatic carbocycles. The molecule has 0 bridgehead atoms. The maximum atomic E-state index is 12.4. The number of fused-ring (bicyclic) bond motifs is 2. The summed E-state index contributed by atoms with van der Waals surface area (Å²) in [4.78, 5) is 19.7. The van der Waals surface area contributed by atoms with Gasteiger partial charge in [-0.1, -0.05) is 17.7 Å². The Bertz CT molecular complexity index is 1180. The number of aryl methyl sites for hydroxylation is 2. The van der Waals surface area contributed by atoms with E-state index in [4.69, 9.17) is 17.3 Å². The van der Waals surface area contributed by atoms with E-state index in [0.717, 1.165) is 22.1 Å². The van der Waals surface area contributed by atoms with Gasteiger partial charge in [-0.25, -0.2) is 0 Å². The lowest BCUT2D eigenvalue weighted by molar-refractivity contribution is 1.12. The van der Waals surface area contributed by atoms with Crippen molar-refractivity contribution in [3.8, 4) is 11.1 Å². The van der Waals surface area contributed by atoms with Gasteiger partial charge < -0.3 is 10.7 Å². The fourth-order valence-electron chi connectivity index (χ4n) is 2.95. The van der Waals surface area contributed by atoms with Crippen molar-refractivity contribution in [2.45, 2.75) is 13.8 Å². The Morgan fingerprint density at radius 1 is 1.17 bits per heavy atom. The van der Waals surface area contributed by atoms with Crippen LogP contribution in [0.1, 0.15) is 11.1 Å². The lowest BCUT2D eigenvalue weighted by atomic mass is 9.98. The molecule has 4 N–H and O–H groups in total. The van der Waals surface area contributed by atoms with Crippen molar-refractivity contribution < 1.29 is 0 Å². The summed E-state index contributed by atoms with van der Waals surface area (Å²) in [6, 6.07) is 3.59. The number of anilines is 1. The first-order valence-electron chi connectivity index (χ1n) is 7.38. The van der Waals surface area contributed by atoms with Crippen LogP contribution in [0.4, 0.5) is 5.69 Å². The summed E-state index contributed by atoms with van der Waals surface area (Å²) < 4.78 is 0. The van der Waals surface area contributed by atoms with Crippen molar-refractivity contribution in [1.29, 1.82) is 0 Å². The largest absolute Gasteiger partial charge is 0.394 e. The smallest absolute Gasteiger partial charge is 0.272 e. The van der Waals surface area contributed by atoms with Gasteiger partial charge in [-0.2, -0.15) is 5.10 Å². The number of hydrogen-bond donors (Lipinski definition) is 3. The Morgan fingerprint density at radius 2 is 1.96 bits per heavy atom. The van der Waals surface area contributed by atoms with Crippen LogP contribution in [0.25, 0.3) is 33.1 Å². The highest BCUT2D eigenvalue weighted by atomic mass is 35.5. The molecule has 0 aliphatic heterocycles. The van der Waals surface area contributed by atoms with Crippen LogP contribution in [0.2, 0.25) is 5.02 Å². The molecule has 0 amide bonds. The van der Waals surface area contributed by atoms with Gasteiger partial charge in [-0.3, -0.25) is 14.9 Å². The van der Waals surface area contributed by atoms with E-state index in [1.165, 1.54) is 0 Å². The molecule has 0 fully saturated rings. The molecule has 0 radical (unpaired) electrons. The van der Waals surface area contributed by atoms with Gasteiger partial charge in [0.25, 0.3) is 5.56 Å². The van der Waals surface area contributed by atoms with E-state index >= 15 is 0 Å². The second-order valence-electron chi connectivity index (χ2n) is 5.79. The monoisotopic (exact) mass is 339 g/mol. The molecule has 0 saturated heterocycles. The van der Waals surface area contributed by atoms with Crippen molar-refractivity contribution in [1.82, 2.24) is 20.2 Å². The Hall–Kier alpha value is -2.86. The number of nitrogen functional groups attached to an aromatic ring is 1. The number of rotatable bonds is 1.